The molecule has 0 radical (unpaired) electrons. The van der Waals surface area contributed by atoms with Gasteiger partial charge in [0.2, 0.25) is 0 Å². The zero-order chi connectivity index (χ0) is 59.9. The summed E-state index contributed by atoms with van der Waals surface area (Å²) in [5, 5.41) is 0. The van der Waals surface area contributed by atoms with E-state index >= 15 is 0 Å². The normalized spacial score (nSPS) is 12.1. The van der Waals surface area contributed by atoms with Crippen LogP contribution in [0.2, 0.25) is 0 Å². The van der Waals surface area contributed by atoms with Crippen molar-refractivity contribution in [1.82, 2.24) is 0 Å². The van der Waals surface area contributed by atoms with E-state index in [0.29, 0.717) is 19.3 Å². The Balaban J connectivity index is 4.06. The number of carbonyl (C=O) groups excluding carboxylic acids is 3. The van der Waals surface area contributed by atoms with E-state index < -0.39 is 6.10 Å². The maximum absolute atomic E-state index is 12.9. The number of rotatable bonds is 71. The molecule has 6 nitrogen and oxygen atoms in total. The van der Waals surface area contributed by atoms with Crippen molar-refractivity contribution in [2.24, 2.45) is 0 Å². The monoisotopic (exact) mass is 1170 g/mol. The van der Waals surface area contributed by atoms with Crippen molar-refractivity contribution < 1.29 is 28.6 Å². The van der Waals surface area contributed by atoms with E-state index in [4.69, 9.17) is 14.2 Å². The molecule has 0 saturated carbocycles. The fourth-order valence-corrected chi connectivity index (χ4v) is 11.7. The van der Waals surface area contributed by atoms with Crippen molar-refractivity contribution in [2.45, 2.75) is 438 Å². The van der Waals surface area contributed by atoms with Crippen LogP contribution in [-0.4, -0.2) is 37.2 Å². The highest BCUT2D eigenvalue weighted by Gasteiger charge is 2.20. The molecule has 490 valence electrons. The molecule has 0 heterocycles. The molecule has 0 amide bonds. The van der Waals surface area contributed by atoms with Gasteiger partial charge < -0.3 is 14.2 Å². The predicted molar refractivity (Wildman–Crippen MR) is 363 cm³/mol. The number of carbonyl (C=O) groups is 3. The Morgan fingerprint density at radius 2 is 0.398 bits per heavy atom. The molecule has 0 aromatic rings. The van der Waals surface area contributed by atoms with Crippen molar-refractivity contribution >= 4 is 17.9 Å². The summed E-state index contributed by atoms with van der Waals surface area (Å²) in [6, 6.07) is 0. The Hall–Kier alpha value is -2.11. The van der Waals surface area contributed by atoms with Crippen LogP contribution in [0.15, 0.2) is 24.3 Å². The van der Waals surface area contributed by atoms with Crippen LogP contribution < -0.4 is 0 Å². The molecule has 0 aromatic heterocycles. The van der Waals surface area contributed by atoms with Gasteiger partial charge in [-0.05, 0) is 70.6 Å². The van der Waals surface area contributed by atoms with Crippen molar-refractivity contribution in [2.75, 3.05) is 13.2 Å². The van der Waals surface area contributed by atoms with Gasteiger partial charge in [-0.25, -0.2) is 0 Å². The Labute approximate surface area is 519 Å². The quantitative estimate of drug-likeness (QED) is 0.0261. The van der Waals surface area contributed by atoms with E-state index in [0.717, 1.165) is 64.2 Å². The molecule has 0 spiro atoms. The van der Waals surface area contributed by atoms with Gasteiger partial charge in [0.25, 0.3) is 0 Å². The Morgan fingerprint density at radius 3 is 0.627 bits per heavy atom. The van der Waals surface area contributed by atoms with E-state index in [2.05, 4.69) is 45.1 Å². The van der Waals surface area contributed by atoms with Crippen LogP contribution in [0.4, 0.5) is 0 Å². The van der Waals surface area contributed by atoms with Gasteiger partial charge in [0, 0.05) is 19.3 Å². The molecule has 6 heteroatoms. The Kier molecular flexibility index (Phi) is 70.5. The fraction of sp³-hybridized carbons (Fsp3) is 0.909. The summed E-state index contributed by atoms with van der Waals surface area (Å²) in [6.45, 7) is 6.68. The van der Waals surface area contributed by atoms with Gasteiger partial charge in [0.05, 0.1) is 0 Å². The van der Waals surface area contributed by atoms with Gasteiger partial charge >= 0.3 is 17.9 Å². The van der Waals surface area contributed by atoms with Gasteiger partial charge in [-0.1, -0.05) is 366 Å². The summed E-state index contributed by atoms with van der Waals surface area (Å²) in [5.41, 5.74) is 0. The second-order valence-electron chi connectivity index (χ2n) is 25.9. The number of hydrogen-bond donors (Lipinski definition) is 0. The van der Waals surface area contributed by atoms with Crippen LogP contribution in [0.5, 0.6) is 0 Å². The number of allylic oxidation sites excluding steroid dienone is 4. The highest BCUT2D eigenvalue weighted by molar-refractivity contribution is 5.71. The molecule has 83 heavy (non-hydrogen) atoms. The molecule has 0 aliphatic carbocycles. The molecule has 0 N–H and O–H groups in total. The molecule has 0 saturated heterocycles. The lowest BCUT2D eigenvalue weighted by Crippen LogP contribution is -2.30. The third-order valence-electron chi connectivity index (χ3n) is 17.4. The number of ether oxygens (including phenoxy) is 3. The summed E-state index contributed by atoms with van der Waals surface area (Å²) < 4.78 is 17.0. The van der Waals surface area contributed by atoms with E-state index in [9.17, 15) is 14.4 Å². The third kappa shape index (κ3) is 70.5. The highest BCUT2D eigenvalue weighted by atomic mass is 16.6. The van der Waals surface area contributed by atoms with Crippen LogP contribution in [0.1, 0.15) is 432 Å². The summed E-state index contributed by atoms with van der Waals surface area (Å²) in [5.74, 6) is -0.851. The maximum Gasteiger partial charge on any atom is 0.306 e. The third-order valence-corrected chi connectivity index (χ3v) is 17.4. The molecule has 1 atom stereocenters. The first-order valence-corrected chi connectivity index (χ1v) is 37.8. The first-order valence-electron chi connectivity index (χ1n) is 37.8. The SMILES string of the molecule is CCCCC/C=C\CCCCCCCC(=O)OCC(COC(=O)CCCCCCCCCCCCCCCCCCCCCCCCCCCCCCCCCCCC)OC(=O)CCCCCCCCCCC/C=C\CCCCCCCC. The zero-order valence-electron chi connectivity index (χ0n) is 56.5. The number of unbranched alkanes of at least 4 members (excludes halogenated alkanes) is 56. The largest absolute Gasteiger partial charge is 0.462 e. The minimum Gasteiger partial charge on any atom is -0.462 e. The molecule has 1 unspecified atom stereocenters. The first-order chi connectivity index (χ1) is 41.0. The molecule has 0 aromatic carbocycles. The molecule has 0 aliphatic rings. The minimum absolute atomic E-state index is 0.0694. The molecule has 0 fully saturated rings. The van der Waals surface area contributed by atoms with Gasteiger partial charge in [-0.2, -0.15) is 0 Å². The predicted octanol–water partition coefficient (Wildman–Crippen LogP) is 26.1. The van der Waals surface area contributed by atoms with Crippen LogP contribution in [0.3, 0.4) is 0 Å². The maximum atomic E-state index is 12.9. The molecular formula is C77H146O6. The summed E-state index contributed by atoms with van der Waals surface area (Å²) >= 11 is 0. The Bertz CT molecular complexity index is 1340. The first kappa shape index (κ1) is 80.9. The van der Waals surface area contributed by atoms with Gasteiger partial charge in [0.1, 0.15) is 13.2 Å². The van der Waals surface area contributed by atoms with Crippen molar-refractivity contribution in [3.8, 4) is 0 Å². The summed E-state index contributed by atoms with van der Waals surface area (Å²) in [4.78, 5) is 38.4. The van der Waals surface area contributed by atoms with E-state index in [-0.39, 0.29) is 31.1 Å². The second-order valence-corrected chi connectivity index (χ2v) is 25.9. The second kappa shape index (κ2) is 72.4. The molecule has 0 rings (SSSR count). The Morgan fingerprint density at radius 1 is 0.229 bits per heavy atom. The zero-order valence-corrected chi connectivity index (χ0v) is 56.5. The minimum atomic E-state index is -0.774. The van der Waals surface area contributed by atoms with Crippen LogP contribution >= 0.6 is 0 Å². The fourth-order valence-electron chi connectivity index (χ4n) is 11.7. The van der Waals surface area contributed by atoms with Gasteiger partial charge in [-0.3, -0.25) is 14.4 Å². The lowest BCUT2D eigenvalue weighted by molar-refractivity contribution is -0.167. The highest BCUT2D eigenvalue weighted by Crippen LogP contribution is 2.19. The molecule has 0 bridgehead atoms. The van der Waals surface area contributed by atoms with Crippen molar-refractivity contribution in [3.63, 3.8) is 0 Å². The number of esters is 3. The smallest absolute Gasteiger partial charge is 0.306 e. The summed E-state index contributed by atoms with van der Waals surface area (Å²) in [7, 11) is 0. The van der Waals surface area contributed by atoms with Crippen LogP contribution in [0, 0.1) is 0 Å². The van der Waals surface area contributed by atoms with Crippen LogP contribution in [0.25, 0.3) is 0 Å². The van der Waals surface area contributed by atoms with Crippen LogP contribution in [-0.2, 0) is 28.6 Å². The van der Waals surface area contributed by atoms with Crippen molar-refractivity contribution in [1.29, 1.82) is 0 Å². The standard InChI is InChI=1S/C77H146O6/c1-4-7-10-13-16-19-22-25-27-29-31-32-33-34-35-36-37-38-39-40-41-42-43-44-45-47-48-50-52-55-58-61-64-67-70-76(79)82-73-74(72-81-75(78)69-66-63-60-57-54-24-21-18-15-12-9-6-3)83-77(80)71-68-65-62-59-56-53-51-49-46-30-28-26-23-20-17-14-11-8-5-2/h18,21,26,28,74H,4-17,19-20,22-25,27,29-73H2,1-3H3/b21-18-,28-26-. The van der Waals surface area contributed by atoms with E-state index in [1.165, 1.54) is 327 Å². The van der Waals surface area contributed by atoms with Gasteiger partial charge in [-0.15, -0.1) is 0 Å². The van der Waals surface area contributed by atoms with Crippen molar-refractivity contribution in [3.05, 3.63) is 24.3 Å². The lowest BCUT2D eigenvalue weighted by atomic mass is 10.0. The van der Waals surface area contributed by atoms with Gasteiger partial charge in [0.15, 0.2) is 6.10 Å². The molecule has 0 aliphatic heterocycles. The number of hydrogen-bond acceptors (Lipinski definition) is 6. The molecular weight excluding hydrogens is 1020 g/mol. The average molecular weight is 1170 g/mol. The van der Waals surface area contributed by atoms with E-state index in [1.54, 1.807) is 0 Å². The average Bonchev–Trinajstić information content (AvgIpc) is 3.49. The van der Waals surface area contributed by atoms with E-state index in [1.807, 2.05) is 0 Å². The topological polar surface area (TPSA) is 78.9 Å². The summed E-state index contributed by atoms with van der Waals surface area (Å²) in [6.07, 6.45) is 89.6. The lowest BCUT2D eigenvalue weighted by Gasteiger charge is -2.18.